The minimum atomic E-state index is -1.21. The van der Waals surface area contributed by atoms with E-state index in [1.807, 2.05) is 41.3 Å². The first-order valence-electron chi connectivity index (χ1n) is 14.3. The largest absolute Gasteiger partial charge is 0.388 e. The number of carbonyl (C=O) groups excluding carboxylic acids is 1. The Hall–Kier alpha value is -4.10. The molecule has 1 unspecified atom stereocenters. The number of benzene rings is 2. The number of fused-ring (bicyclic) bond motifs is 1. The van der Waals surface area contributed by atoms with E-state index in [-0.39, 0.29) is 18.4 Å². The SMILES string of the molecule is NC1CCN(c2nc(NCC(c3ccccc3)c3ccccc3)c3ncn([C@@H]4C[C@H](NC(=O)CO)[C@@H](O)[C@H]4O)c3n2)C1. The second-order valence-electron chi connectivity index (χ2n) is 11.1. The standard InChI is InChI=1S/C30H36N8O4/c31-20-11-12-37(15-20)30-35-28(32-14-21(18-7-3-1-4-8-18)19-9-5-2-6-10-19)25-29(36-30)38(17-33-25)23-13-22(26(41)27(23)42)34-24(40)16-39/h1-10,17,20-23,26-27,39,41-42H,11-16,31H2,(H,34,40)(H,32,35,36)/t20?,22-,23+,26+,27-/m0/s1. The molecule has 1 aliphatic heterocycles. The lowest BCUT2D eigenvalue weighted by Crippen LogP contribution is -2.44. The fourth-order valence-electron chi connectivity index (χ4n) is 6.06. The van der Waals surface area contributed by atoms with Gasteiger partial charge in [0.2, 0.25) is 11.9 Å². The maximum atomic E-state index is 11.8. The van der Waals surface area contributed by atoms with Crippen LogP contribution in [-0.4, -0.2) is 91.3 Å². The number of imidazole rings is 1. The third kappa shape index (κ3) is 5.53. The molecule has 1 saturated carbocycles. The van der Waals surface area contributed by atoms with E-state index in [1.54, 1.807) is 10.9 Å². The van der Waals surface area contributed by atoms with Gasteiger partial charge in [-0.3, -0.25) is 4.79 Å². The number of hydrogen-bond donors (Lipinski definition) is 6. The Bertz CT molecular complexity index is 1480. The Balaban J connectivity index is 1.36. The molecule has 220 valence electrons. The zero-order valence-corrected chi connectivity index (χ0v) is 23.1. The first-order chi connectivity index (χ1) is 20.4. The summed E-state index contributed by atoms with van der Waals surface area (Å²) in [6, 6.07) is 19.3. The fraction of sp³-hybridized carbons (Fsp3) is 0.400. The number of anilines is 2. The van der Waals surface area contributed by atoms with Crippen molar-refractivity contribution in [3.8, 4) is 0 Å². The van der Waals surface area contributed by atoms with Gasteiger partial charge < -0.3 is 41.2 Å². The second kappa shape index (κ2) is 12.0. The summed E-state index contributed by atoms with van der Waals surface area (Å²) in [5.41, 5.74) is 9.57. The monoisotopic (exact) mass is 572 g/mol. The number of rotatable bonds is 9. The molecule has 3 heterocycles. The van der Waals surface area contributed by atoms with Gasteiger partial charge in [-0.15, -0.1) is 0 Å². The van der Waals surface area contributed by atoms with Crippen LogP contribution in [0, 0.1) is 0 Å². The number of carbonyl (C=O) groups is 1. The first-order valence-corrected chi connectivity index (χ1v) is 14.3. The summed E-state index contributed by atoms with van der Waals surface area (Å²) in [7, 11) is 0. The predicted octanol–water partition coefficient (Wildman–Crippen LogP) is 0.751. The maximum Gasteiger partial charge on any atom is 0.246 e. The number of aliphatic hydroxyl groups excluding tert-OH is 3. The predicted molar refractivity (Wildman–Crippen MR) is 158 cm³/mol. The summed E-state index contributed by atoms with van der Waals surface area (Å²) in [6.07, 6.45) is 0.262. The molecular formula is C30H36N8O4. The first kappa shape index (κ1) is 28.0. The second-order valence-corrected chi connectivity index (χ2v) is 11.1. The Morgan fingerprint density at radius 2 is 1.71 bits per heavy atom. The number of aromatic nitrogens is 4. The molecule has 42 heavy (non-hydrogen) atoms. The molecule has 1 amide bonds. The number of hydrogen-bond acceptors (Lipinski definition) is 10. The molecule has 0 spiro atoms. The summed E-state index contributed by atoms with van der Waals surface area (Å²) in [5, 5.41) is 36.9. The number of amides is 1. The van der Waals surface area contributed by atoms with Crippen molar-refractivity contribution in [2.45, 2.75) is 49.1 Å². The molecule has 6 rings (SSSR count). The quantitative estimate of drug-likeness (QED) is 0.168. The molecule has 0 bridgehead atoms. The fourth-order valence-corrected chi connectivity index (χ4v) is 6.06. The van der Waals surface area contributed by atoms with Gasteiger partial charge in [-0.25, -0.2) is 4.98 Å². The van der Waals surface area contributed by atoms with Gasteiger partial charge in [-0.2, -0.15) is 9.97 Å². The van der Waals surface area contributed by atoms with Crippen LogP contribution in [0.15, 0.2) is 67.0 Å². The van der Waals surface area contributed by atoms with Crippen molar-refractivity contribution in [1.82, 2.24) is 24.8 Å². The lowest BCUT2D eigenvalue weighted by molar-refractivity contribution is -0.125. The summed E-state index contributed by atoms with van der Waals surface area (Å²) < 4.78 is 1.74. The van der Waals surface area contributed by atoms with Crippen molar-refractivity contribution in [2.75, 3.05) is 36.5 Å². The normalized spacial score (nSPS) is 24.0. The van der Waals surface area contributed by atoms with E-state index in [1.165, 1.54) is 0 Å². The van der Waals surface area contributed by atoms with Crippen LogP contribution in [0.2, 0.25) is 0 Å². The van der Waals surface area contributed by atoms with Gasteiger partial charge in [0.25, 0.3) is 0 Å². The number of aliphatic hydroxyl groups is 3. The van der Waals surface area contributed by atoms with E-state index in [2.05, 4.69) is 39.9 Å². The molecule has 2 fully saturated rings. The van der Waals surface area contributed by atoms with Crippen molar-refractivity contribution in [2.24, 2.45) is 5.73 Å². The Labute approximate surface area is 243 Å². The van der Waals surface area contributed by atoms with Crippen molar-refractivity contribution in [3.05, 3.63) is 78.1 Å². The van der Waals surface area contributed by atoms with Gasteiger partial charge in [-0.05, 0) is 24.0 Å². The van der Waals surface area contributed by atoms with Gasteiger partial charge in [0.15, 0.2) is 17.0 Å². The topological polar surface area (TPSA) is 175 Å². The van der Waals surface area contributed by atoms with Crippen LogP contribution < -0.4 is 21.3 Å². The van der Waals surface area contributed by atoms with Crippen LogP contribution in [0.1, 0.15) is 35.9 Å². The van der Waals surface area contributed by atoms with E-state index in [0.717, 1.165) is 24.1 Å². The average molecular weight is 573 g/mol. The van der Waals surface area contributed by atoms with E-state index in [0.29, 0.717) is 36.0 Å². The summed E-state index contributed by atoms with van der Waals surface area (Å²) in [5.74, 6) is 0.499. The summed E-state index contributed by atoms with van der Waals surface area (Å²) in [6.45, 7) is 1.19. The van der Waals surface area contributed by atoms with Crippen LogP contribution in [0.4, 0.5) is 11.8 Å². The average Bonchev–Trinajstić information content (AvgIpc) is 3.72. The van der Waals surface area contributed by atoms with Gasteiger partial charge in [0.05, 0.1) is 18.4 Å². The third-order valence-corrected chi connectivity index (χ3v) is 8.29. The Morgan fingerprint density at radius 3 is 2.33 bits per heavy atom. The molecule has 12 nitrogen and oxygen atoms in total. The highest BCUT2D eigenvalue weighted by atomic mass is 16.3. The van der Waals surface area contributed by atoms with Gasteiger partial charge in [-0.1, -0.05) is 60.7 Å². The van der Waals surface area contributed by atoms with Crippen molar-refractivity contribution < 1.29 is 20.1 Å². The minimum Gasteiger partial charge on any atom is -0.388 e. The van der Waals surface area contributed by atoms with E-state index in [9.17, 15) is 15.0 Å². The molecular weight excluding hydrogens is 536 g/mol. The molecule has 2 aliphatic rings. The molecule has 7 N–H and O–H groups in total. The van der Waals surface area contributed by atoms with Crippen LogP contribution >= 0.6 is 0 Å². The van der Waals surface area contributed by atoms with Crippen molar-refractivity contribution in [1.29, 1.82) is 0 Å². The molecule has 0 radical (unpaired) electrons. The Kier molecular flexibility index (Phi) is 8.02. The van der Waals surface area contributed by atoms with Gasteiger partial charge in [0.1, 0.15) is 18.8 Å². The lowest BCUT2D eigenvalue weighted by Gasteiger charge is -2.22. The molecule has 2 aromatic carbocycles. The third-order valence-electron chi connectivity index (χ3n) is 8.29. The van der Waals surface area contributed by atoms with Crippen LogP contribution in [-0.2, 0) is 4.79 Å². The van der Waals surface area contributed by atoms with E-state index < -0.39 is 36.8 Å². The summed E-state index contributed by atoms with van der Waals surface area (Å²) in [4.78, 5) is 28.2. The Morgan fingerprint density at radius 1 is 1.02 bits per heavy atom. The maximum absolute atomic E-state index is 11.8. The molecule has 1 saturated heterocycles. The number of nitrogens with zero attached hydrogens (tertiary/aromatic N) is 5. The van der Waals surface area contributed by atoms with Gasteiger partial charge in [0, 0.05) is 31.6 Å². The number of nitrogens with two attached hydrogens (primary N) is 1. The molecule has 2 aromatic heterocycles. The smallest absolute Gasteiger partial charge is 0.246 e. The highest BCUT2D eigenvalue weighted by Crippen LogP contribution is 2.35. The molecule has 5 atom stereocenters. The minimum absolute atomic E-state index is 0.0221. The van der Waals surface area contributed by atoms with Crippen LogP contribution in [0.3, 0.4) is 0 Å². The van der Waals surface area contributed by atoms with E-state index in [4.69, 9.17) is 20.8 Å². The summed E-state index contributed by atoms with van der Waals surface area (Å²) >= 11 is 0. The van der Waals surface area contributed by atoms with Crippen molar-refractivity contribution in [3.63, 3.8) is 0 Å². The number of nitrogens with one attached hydrogen (secondary N) is 2. The van der Waals surface area contributed by atoms with Crippen molar-refractivity contribution >= 4 is 28.8 Å². The zero-order valence-electron chi connectivity index (χ0n) is 23.1. The highest BCUT2D eigenvalue weighted by molar-refractivity contribution is 5.84. The molecule has 1 aliphatic carbocycles. The molecule has 4 aromatic rings. The van der Waals surface area contributed by atoms with E-state index >= 15 is 0 Å². The highest BCUT2D eigenvalue weighted by Gasteiger charge is 2.44. The van der Waals surface area contributed by atoms with Crippen LogP contribution in [0.25, 0.3) is 11.2 Å². The zero-order chi connectivity index (χ0) is 29.2. The lowest BCUT2D eigenvalue weighted by atomic mass is 9.91. The van der Waals surface area contributed by atoms with Crippen LogP contribution in [0.5, 0.6) is 0 Å². The van der Waals surface area contributed by atoms with Gasteiger partial charge >= 0.3 is 0 Å². The molecule has 12 heteroatoms.